The van der Waals surface area contributed by atoms with Crippen LogP contribution in [0.3, 0.4) is 0 Å². The van der Waals surface area contributed by atoms with E-state index in [1.165, 1.54) is 3.57 Å². The van der Waals surface area contributed by atoms with Crippen molar-refractivity contribution in [1.29, 1.82) is 0 Å². The second kappa shape index (κ2) is 5.77. The van der Waals surface area contributed by atoms with Crippen molar-refractivity contribution >= 4 is 34.0 Å². The van der Waals surface area contributed by atoms with E-state index in [-0.39, 0.29) is 0 Å². The zero-order valence-corrected chi connectivity index (χ0v) is 11.5. The van der Waals surface area contributed by atoms with Crippen LogP contribution in [-0.4, -0.2) is 10.7 Å². The fraction of sp³-hybridized carbons (Fsp3) is 0.0769. The second-order valence-electron chi connectivity index (χ2n) is 3.56. The van der Waals surface area contributed by atoms with Crippen LogP contribution in [0.15, 0.2) is 53.9 Å². The SMILES string of the molecule is C/C(=N\Nc1ccc(I)cc1)c1cccnc1. The van der Waals surface area contributed by atoms with Crippen molar-refractivity contribution < 1.29 is 0 Å². The number of halogens is 1. The van der Waals surface area contributed by atoms with E-state index in [0.29, 0.717) is 0 Å². The van der Waals surface area contributed by atoms with Gasteiger partial charge in [-0.2, -0.15) is 5.10 Å². The number of anilines is 1. The lowest BCUT2D eigenvalue weighted by Gasteiger charge is -2.03. The first-order valence-electron chi connectivity index (χ1n) is 5.22. The van der Waals surface area contributed by atoms with Gasteiger partial charge in [0.05, 0.1) is 11.4 Å². The number of aromatic nitrogens is 1. The van der Waals surface area contributed by atoms with E-state index in [9.17, 15) is 0 Å². The summed E-state index contributed by atoms with van der Waals surface area (Å²) >= 11 is 2.28. The highest BCUT2D eigenvalue weighted by Crippen LogP contribution is 2.11. The molecule has 0 atom stereocenters. The second-order valence-corrected chi connectivity index (χ2v) is 4.80. The van der Waals surface area contributed by atoms with Crippen molar-refractivity contribution in [2.24, 2.45) is 5.10 Å². The van der Waals surface area contributed by atoms with Crippen molar-refractivity contribution in [3.8, 4) is 0 Å². The fourth-order valence-electron chi connectivity index (χ4n) is 1.31. The third kappa shape index (κ3) is 3.52. The first-order chi connectivity index (χ1) is 8.25. The number of benzene rings is 1. The first-order valence-corrected chi connectivity index (χ1v) is 6.30. The smallest absolute Gasteiger partial charge is 0.0663 e. The van der Waals surface area contributed by atoms with Gasteiger partial charge in [-0.25, -0.2) is 0 Å². The Morgan fingerprint density at radius 3 is 2.65 bits per heavy atom. The van der Waals surface area contributed by atoms with E-state index in [0.717, 1.165) is 17.0 Å². The van der Waals surface area contributed by atoms with Crippen LogP contribution in [0, 0.1) is 3.57 Å². The summed E-state index contributed by atoms with van der Waals surface area (Å²) in [6.07, 6.45) is 3.55. The van der Waals surface area contributed by atoms with Gasteiger partial charge in [0, 0.05) is 21.5 Å². The molecule has 86 valence electrons. The van der Waals surface area contributed by atoms with Gasteiger partial charge in [0.25, 0.3) is 0 Å². The predicted octanol–water partition coefficient (Wildman–Crippen LogP) is 3.52. The molecule has 0 aliphatic rings. The van der Waals surface area contributed by atoms with Crippen molar-refractivity contribution in [1.82, 2.24) is 4.98 Å². The molecule has 0 unspecified atom stereocenters. The maximum Gasteiger partial charge on any atom is 0.0663 e. The molecule has 0 fully saturated rings. The minimum Gasteiger partial charge on any atom is -0.278 e. The third-order valence-corrected chi connectivity index (χ3v) is 3.00. The molecular formula is C13H12IN3. The Bertz CT molecular complexity index is 506. The number of rotatable bonds is 3. The summed E-state index contributed by atoms with van der Waals surface area (Å²) in [6.45, 7) is 1.96. The number of pyridine rings is 1. The lowest BCUT2D eigenvalue weighted by atomic mass is 10.2. The van der Waals surface area contributed by atoms with Crippen molar-refractivity contribution in [3.05, 3.63) is 57.9 Å². The van der Waals surface area contributed by atoms with Crippen molar-refractivity contribution in [2.45, 2.75) is 6.92 Å². The normalized spacial score (nSPS) is 11.3. The topological polar surface area (TPSA) is 37.3 Å². The van der Waals surface area contributed by atoms with E-state index in [4.69, 9.17) is 0 Å². The maximum absolute atomic E-state index is 4.32. The summed E-state index contributed by atoms with van der Waals surface area (Å²) in [5.74, 6) is 0. The lowest BCUT2D eigenvalue weighted by Crippen LogP contribution is -1.99. The summed E-state index contributed by atoms with van der Waals surface area (Å²) in [7, 11) is 0. The van der Waals surface area contributed by atoms with Gasteiger partial charge in [-0.05, 0) is 59.8 Å². The molecule has 4 heteroatoms. The summed E-state index contributed by atoms with van der Waals surface area (Å²) in [4.78, 5) is 4.06. The lowest BCUT2D eigenvalue weighted by molar-refractivity contribution is 1.28. The highest BCUT2D eigenvalue weighted by atomic mass is 127. The van der Waals surface area contributed by atoms with Gasteiger partial charge in [0.1, 0.15) is 0 Å². The van der Waals surface area contributed by atoms with Crippen LogP contribution >= 0.6 is 22.6 Å². The Hall–Kier alpha value is -1.43. The Morgan fingerprint density at radius 1 is 1.24 bits per heavy atom. The largest absolute Gasteiger partial charge is 0.278 e. The summed E-state index contributed by atoms with van der Waals surface area (Å²) in [6, 6.07) is 12.0. The molecule has 17 heavy (non-hydrogen) atoms. The van der Waals surface area contributed by atoms with Crippen LogP contribution in [-0.2, 0) is 0 Å². The molecule has 0 saturated heterocycles. The molecule has 1 aromatic carbocycles. The van der Waals surface area contributed by atoms with E-state index >= 15 is 0 Å². The highest BCUT2D eigenvalue weighted by Gasteiger charge is 1.96. The molecule has 0 saturated carbocycles. The van der Waals surface area contributed by atoms with E-state index in [2.05, 4.69) is 38.1 Å². The molecule has 0 aliphatic heterocycles. The Morgan fingerprint density at radius 2 is 2.00 bits per heavy atom. The molecular weight excluding hydrogens is 325 g/mol. The zero-order chi connectivity index (χ0) is 12.1. The van der Waals surface area contributed by atoms with Crippen LogP contribution in [0.1, 0.15) is 12.5 Å². The standard InChI is InChI=1S/C13H12IN3/c1-10(11-3-2-8-15-9-11)16-17-13-6-4-12(14)5-7-13/h2-9,17H,1H3/b16-10+. The molecule has 1 aromatic heterocycles. The molecule has 0 radical (unpaired) electrons. The Balaban J connectivity index is 2.08. The molecule has 2 rings (SSSR count). The van der Waals surface area contributed by atoms with Crippen LogP contribution in [0.5, 0.6) is 0 Å². The molecule has 3 nitrogen and oxygen atoms in total. The average molecular weight is 337 g/mol. The Kier molecular flexibility index (Phi) is 4.08. The summed E-state index contributed by atoms with van der Waals surface area (Å²) < 4.78 is 1.21. The van der Waals surface area contributed by atoms with Gasteiger partial charge < -0.3 is 0 Å². The number of hydrogen-bond donors (Lipinski definition) is 1. The molecule has 1 heterocycles. The van der Waals surface area contributed by atoms with Crippen LogP contribution in [0.4, 0.5) is 5.69 Å². The van der Waals surface area contributed by atoms with Crippen molar-refractivity contribution in [3.63, 3.8) is 0 Å². The first kappa shape index (κ1) is 12.0. The summed E-state index contributed by atoms with van der Waals surface area (Å²) in [5, 5.41) is 4.32. The molecule has 0 bridgehead atoms. The van der Waals surface area contributed by atoms with Crippen LogP contribution < -0.4 is 5.43 Å². The number of hydrogen-bond acceptors (Lipinski definition) is 3. The molecule has 0 spiro atoms. The number of nitrogens with one attached hydrogen (secondary N) is 1. The van der Waals surface area contributed by atoms with E-state index < -0.39 is 0 Å². The van der Waals surface area contributed by atoms with Crippen molar-refractivity contribution in [2.75, 3.05) is 5.43 Å². The summed E-state index contributed by atoms with van der Waals surface area (Å²) in [5.41, 5.74) is 5.94. The van der Waals surface area contributed by atoms with Crippen LogP contribution in [0.2, 0.25) is 0 Å². The minimum absolute atomic E-state index is 0.914. The van der Waals surface area contributed by atoms with Gasteiger partial charge >= 0.3 is 0 Å². The van der Waals surface area contributed by atoms with E-state index in [1.54, 1.807) is 12.4 Å². The quantitative estimate of drug-likeness (QED) is 0.529. The maximum atomic E-state index is 4.32. The monoisotopic (exact) mass is 337 g/mol. The minimum atomic E-state index is 0.914. The van der Waals surface area contributed by atoms with Gasteiger partial charge in [0.2, 0.25) is 0 Å². The van der Waals surface area contributed by atoms with Gasteiger partial charge in [-0.1, -0.05) is 6.07 Å². The van der Waals surface area contributed by atoms with Crippen LogP contribution in [0.25, 0.3) is 0 Å². The average Bonchev–Trinajstić information content (AvgIpc) is 2.39. The molecule has 2 aromatic rings. The molecule has 0 amide bonds. The fourth-order valence-corrected chi connectivity index (χ4v) is 1.67. The number of hydrazone groups is 1. The zero-order valence-electron chi connectivity index (χ0n) is 9.39. The predicted molar refractivity (Wildman–Crippen MR) is 79.2 cm³/mol. The van der Waals surface area contributed by atoms with Gasteiger partial charge in [0.15, 0.2) is 0 Å². The van der Waals surface area contributed by atoms with Gasteiger partial charge in [-0.15, -0.1) is 0 Å². The van der Waals surface area contributed by atoms with Gasteiger partial charge in [-0.3, -0.25) is 10.4 Å². The molecule has 1 N–H and O–H groups in total. The number of nitrogens with zero attached hydrogens (tertiary/aromatic N) is 2. The highest BCUT2D eigenvalue weighted by molar-refractivity contribution is 14.1. The Labute approximate surface area is 114 Å². The third-order valence-electron chi connectivity index (χ3n) is 2.28. The molecule has 0 aliphatic carbocycles. The van der Waals surface area contributed by atoms with E-state index in [1.807, 2.05) is 43.3 Å².